The van der Waals surface area contributed by atoms with E-state index in [1.807, 2.05) is 6.92 Å². The fourth-order valence-corrected chi connectivity index (χ4v) is 2.67. The molecule has 0 saturated heterocycles. The summed E-state index contributed by atoms with van der Waals surface area (Å²) in [6, 6.07) is 2.65. The lowest BCUT2D eigenvalue weighted by Gasteiger charge is -2.20. The molecule has 2 N–H and O–H groups in total. The number of rotatable bonds is 6. The van der Waals surface area contributed by atoms with Crippen LogP contribution in [0.1, 0.15) is 25.3 Å². The van der Waals surface area contributed by atoms with Crippen molar-refractivity contribution in [2.24, 2.45) is 0 Å². The molecule has 1 amide bonds. The van der Waals surface area contributed by atoms with Gasteiger partial charge in [-0.1, -0.05) is 29.3 Å². The molecule has 1 aliphatic rings. The fraction of sp³-hybridized carbons (Fsp3) is 0.467. The first kappa shape index (κ1) is 16.6. The van der Waals surface area contributed by atoms with Crippen molar-refractivity contribution in [1.29, 1.82) is 0 Å². The first-order valence-electron chi connectivity index (χ1n) is 7.11. The van der Waals surface area contributed by atoms with E-state index in [2.05, 4.69) is 21.2 Å². The van der Waals surface area contributed by atoms with Gasteiger partial charge >= 0.3 is 5.97 Å². The highest BCUT2D eigenvalue weighted by atomic mass is 79.9. The molecule has 120 valence electrons. The van der Waals surface area contributed by atoms with Gasteiger partial charge in [0.25, 0.3) is 0 Å². The topological polar surface area (TPSA) is 84.9 Å². The average Bonchev–Trinajstić information content (AvgIpc) is 2.47. The molecule has 0 aromatic heterocycles. The van der Waals surface area contributed by atoms with Crippen LogP contribution in [0.4, 0.5) is 0 Å². The number of halogens is 1. The minimum Gasteiger partial charge on any atom is -0.486 e. The Balaban J connectivity index is 2.06. The summed E-state index contributed by atoms with van der Waals surface area (Å²) in [5, 5.41) is 11.6. The number of nitrogens with one attached hydrogen (secondary N) is 1. The van der Waals surface area contributed by atoms with E-state index in [1.54, 1.807) is 12.1 Å². The second kappa shape index (κ2) is 7.49. The zero-order valence-electron chi connectivity index (χ0n) is 12.2. The second-order valence-electron chi connectivity index (χ2n) is 5.01. The Kier molecular flexibility index (Phi) is 5.65. The van der Waals surface area contributed by atoms with E-state index in [0.29, 0.717) is 37.6 Å². The fourth-order valence-electron chi connectivity index (χ4n) is 2.21. The van der Waals surface area contributed by atoms with Crippen LogP contribution in [0.15, 0.2) is 16.6 Å². The van der Waals surface area contributed by atoms with E-state index in [-0.39, 0.29) is 12.3 Å². The lowest BCUT2D eigenvalue weighted by atomic mass is 10.1. The SMILES string of the molecule is CCCC(NC(=O)Cc1cc2c(cc1Br)OCCO2)C(=O)O. The second-order valence-corrected chi connectivity index (χ2v) is 5.87. The first-order chi connectivity index (χ1) is 10.5. The Labute approximate surface area is 136 Å². The number of ether oxygens (including phenoxy) is 2. The van der Waals surface area contributed by atoms with Crippen LogP contribution in [0.3, 0.4) is 0 Å². The predicted octanol–water partition coefficient (Wildman–Crippen LogP) is 2.13. The summed E-state index contributed by atoms with van der Waals surface area (Å²) in [7, 11) is 0. The van der Waals surface area contributed by atoms with Crippen LogP contribution in [0.25, 0.3) is 0 Å². The maximum absolute atomic E-state index is 12.1. The molecule has 1 unspecified atom stereocenters. The first-order valence-corrected chi connectivity index (χ1v) is 7.90. The maximum Gasteiger partial charge on any atom is 0.326 e. The van der Waals surface area contributed by atoms with Crippen molar-refractivity contribution in [3.05, 3.63) is 22.2 Å². The number of carboxylic acids is 1. The summed E-state index contributed by atoms with van der Waals surface area (Å²) in [4.78, 5) is 23.1. The Morgan fingerprint density at radius 1 is 1.32 bits per heavy atom. The van der Waals surface area contributed by atoms with Gasteiger partial charge in [0.1, 0.15) is 19.3 Å². The predicted molar refractivity (Wildman–Crippen MR) is 83.3 cm³/mol. The van der Waals surface area contributed by atoms with Crippen molar-refractivity contribution in [3.8, 4) is 11.5 Å². The van der Waals surface area contributed by atoms with Gasteiger partial charge in [0.05, 0.1) is 6.42 Å². The molecular formula is C15H18BrNO5. The van der Waals surface area contributed by atoms with Gasteiger partial charge in [-0.15, -0.1) is 0 Å². The molecule has 0 saturated carbocycles. The molecule has 0 fully saturated rings. The third-order valence-corrected chi connectivity index (χ3v) is 4.01. The molecule has 1 aromatic carbocycles. The van der Waals surface area contributed by atoms with Gasteiger partial charge in [-0.2, -0.15) is 0 Å². The summed E-state index contributed by atoms with van der Waals surface area (Å²) in [6.45, 7) is 2.84. The number of amides is 1. The van der Waals surface area contributed by atoms with Crippen LogP contribution >= 0.6 is 15.9 Å². The van der Waals surface area contributed by atoms with Crippen LogP contribution < -0.4 is 14.8 Å². The lowest BCUT2D eigenvalue weighted by molar-refractivity contribution is -0.141. The number of carbonyl (C=O) groups excluding carboxylic acids is 1. The smallest absolute Gasteiger partial charge is 0.326 e. The van der Waals surface area contributed by atoms with Crippen LogP contribution in [0.2, 0.25) is 0 Å². The Morgan fingerprint density at radius 2 is 1.95 bits per heavy atom. The number of carboxylic acid groups (broad SMARTS) is 1. The molecule has 22 heavy (non-hydrogen) atoms. The summed E-state index contributed by atoms with van der Waals surface area (Å²) in [6.07, 6.45) is 1.17. The van der Waals surface area contributed by atoms with E-state index >= 15 is 0 Å². The largest absolute Gasteiger partial charge is 0.486 e. The van der Waals surface area contributed by atoms with Gasteiger partial charge in [-0.3, -0.25) is 4.79 Å². The monoisotopic (exact) mass is 371 g/mol. The zero-order chi connectivity index (χ0) is 16.1. The van der Waals surface area contributed by atoms with Gasteiger partial charge in [0, 0.05) is 4.47 Å². The molecular weight excluding hydrogens is 354 g/mol. The number of fused-ring (bicyclic) bond motifs is 1. The van der Waals surface area contributed by atoms with Gasteiger partial charge in [0.2, 0.25) is 5.91 Å². The van der Waals surface area contributed by atoms with E-state index in [1.165, 1.54) is 0 Å². The van der Waals surface area contributed by atoms with E-state index in [9.17, 15) is 9.59 Å². The number of aliphatic carboxylic acids is 1. The Morgan fingerprint density at radius 3 is 2.55 bits per heavy atom. The summed E-state index contributed by atoms with van der Waals surface area (Å²) in [5.41, 5.74) is 0.724. The average molecular weight is 372 g/mol. The van der Waals surface area contributed by atoms with Crippen molar-refractivity contribution >= 4 is 27.8 Å². The number of carbonyl (C=O) groups is 2. The van der Waals surface area contributed by atoms with Gasteiger partial charge < -0.3 is 19.9 Å². The van der Waals surface area contributed by atoms with E-state index < -0.39 is 12.0 Å². The molecule has 1 aromatic rings. The Bertz CT molecular complexity index is 575. The van der Waals surface area contributed by atoms with Crippen molar-refractivity contribution in [2.75, 3.05) is 13.2 Å². The van der Waals surface area contributed by atoms with Crippen molar-refractivity contribution < 1.29 is 24.2 Å². The molecule has 2 rings (SSSR count). The van der Waals surface area contributed by atoms with Crippen LogP contribution in [-0.4, -0.2) is 36.2 Å². The third-order valence-electron chi connectivity index (χ3n) is 3.27. The standard InChI is InChI=1S/C15H18BrNO5/c1-2-3-11(15(19)20)17-14(18)7-9-6-12-13(8-10(9)16)22-5-4-21-12/h6,8,11H,2-5,7H2,1H3,(H,17,18)(H,19,20). The number of hydrogen-bond donors (Lipinski definition) is 2. The molecule has 0 bridgehead atoms. The maximum atomic E-state index is 12.1. The van der Waals surface area contributed by atoms with E-state index in [0.717, 1.165) is 10.0 Å². The van der Waals surface area contributed by atoms with Gasteiger partial charge in [0.15, 0.2) is 11.5 Å². The van der Waals surface area contributed by atoms with Gasteiger partial charge in [-0.05, 0) is 24.1 Å². The molecule has 1 aliphatic heterocycles. The molecule has 1 atom stereocenters. The highest BCUT2D eigenvalue weighted by Gasteiger charge is 2.21. The molecule has 7 heteroatoms. The normalized spacial score (nSPS) is 14.3. The molecule has 0 spiro atoms. The quantitative estimate of drug-likeness (QED) is 0.799. The lowest BCUT2D eigenvalue weighted by Crippen LogP contribution is -2.41. The van der Waals surface area contributed by atoms with Crippen LogP contribution in [-0.2, 0) is 16.0 Å². The highest BCUT2D eigenvalue weighted by molar-refractivity contribution is 9.10. The molecule has 1 heterocycles. The van der Waals surface area contributed by atoms with Crippen molar-refractivity contribution in [1.82, 2.24) is 5.32 Å². The highest BCUT2D eigenvalue weighted by Crippen LogP contribution is 2.35. The minimum atomic E-state index is -1.02. The molecule has 6 nitrogen and oxygen atoms in total. The zero-order valence-corrected chi connectivity index (χ0v) is 13.8. The van der Waals surface area contributed by atoms with Crippen molar-refractivity contribution in [2.45, 2.75) is 32.2 Å². The minimum absolute atomic E-state index is 0.0741. The number of benzene rings is 1. The summed E-state index contributed by atoms with van der Waals surface area (Å²) < 4.78 is 11.7. The van der Waals surface area contributed by atoms with Crippen LogP contribution in [0, 0.1) is 0 Å². The molecule has 0 radical (unpaired) electrons. The summed E-state index contributed by atoms with van der Waals surface area (Å²) in [5.74, 6) is -0.119. The van der Waals surface area contributed by atoms with Gasteiger partial charge in [-0.25, -0.2) is 4.79 Å². The molecule has 0 aliphatic carbocycles. The van der Waals surface area contributed by atoms with Crippen molar-refractivity contribution in [3.63, 3.8) is 0 Å². The number of hydrogen-bond acceptors (Lipinski definition) is 4. The summed E-state index contributed by atoms with van der Waals surface area (Å²) >= 11 is 3.40. The van der Waals surface area contributed by atoms with Crippen LogP contribution in [0.5, 0.6) is 11.5 Å². The third kappa shape index (κ3) is 4.13. The Hall–Kier alpha value is -1.76. The van der Waals surface area contributed by atoms with E-state index in [4.69, 9.17) is 14.6 Å².